The maximum absolute atomic E-state index is 15.6. The zero-order chi connectivity index (χ0) is 26.6. The van der Waals surface area contributed by atoms with Crippen LogP contribution in [0.2, 0.25) is 0 Å². The zero-order valence-corrected chi connectivity index (χ0v) is 22.6. The van der Waals surface area contributed by atoms with Crippen molar-refractivity contribution in [2.45, 2.75) is 39.5 Å². The molecule has 0 aliphatic heterocycles. The monoisotopic (exact) mass is 537 g/mol. The third-order valence-corrected chi connectivity index (χ3v) is 7.77. The van der Waals surface area contributed by atoms with Gasteiger partial charge in [0.05, 0.1) is 32.5 Å². The summed E-state index contributed by atoms with van der Waals surface area (Å²) in [7, 11) is 0. The predicted molar refractivity (Wildman–Crippen MR) is 150 cm³/mol. The maximum atomic E-state index is 15.6. The fraction of sp³-hybridized carbons (Fsp3) is 0.259. The third kappa shape index (κ3) is 6.26. The lowest BCUT2D eigenvalue weighted by atomic mass is 9.98. The van der Waals surface area contributed by atoms with E-state index in [2.05, 4.69) is 47.7 Å². The predicted octanol–water partition coefficient (Wildman–Crippen LogP) is 7.62. The van der Waals surface area contributed by atoms with Crippen molar-refractivity contribution in [3.8, 4) is 21.8 Å². The van der Waals surface area contributed by atoms with Gasteiger partial charge >= 0.3 is 5.97 Å². The Morgan fingerprint density at radius 3 is 2.54 bits per heavy atom. The zero-order valence-electron chi connectivity index (χ0n) is 21.0. The molecule has 0 aliphatic rings. The topological polar surface area (TPSA) is 100 Å². The van der Waals surface area contributed by atoms with Crippen molar-refractivity contribution in [1.29, 1.82) is 0 Å². The van der Waals surface area contributed by atoms with Gasteiger partial charge in [0.15, 0.2) is 5.82 Å². The van der Waals surface area contributed by atoms with Crippen LogP contribution >= 0.6 is 23.3 Å². The number of halogens is 1. The minimum absolute atomic E-state index is 0.191. The molecule has 2 heterocycles. The molecular weight excluding hydrogens is 509 g/mol. The van der Waals surface area contributed by atoms with Crippen LogP contribution in [0.25, 0.3) is 21.8 Å². The Labute approximate surface area is 223 Å². The van der Waals surface area contributed by atoms with Crippen molar-refractivity contribution in [3.63, 3.8) is 0 Å². The second-order valence-electron chi connectivity index (χ2n) is 9.34. The lowest BCUT2D eigenvalue weighted by Crippen LogP contribution is -2.10. The first-order valence-corrected chi connectivity index (χ1v) is 13.6. The molecule has 3 N–H and O–H groups in total. The second-order valence-corrected chi connectivity index (χ2v) is 11.2. The molecule has 0 amide bonds. The summed E-state index contributed by atoms with van der Waals surface area (Å²) in [6.07, 6.45) is 2.62. The fourth-order valence-corrected chi connectivity index (χ4v) is 5.12. The van der Waals surface area contributed by atoms with E-state index in [4.69, 9.17) is 10.1 Å². The summed E-state index contributed by atoms with van der Waals surface area (Å²) < 4.78 is 18.8. The van der Waals surface area contributed by atoms with Crippen LogP contribution in [-0.2, 0) is 5.41 Å². The van der Waals surface area contributed by atoms with Gasteiger partial charge in [0.25, 0.3) is 0 Å². The minimum Gasteiger partial charge on any atom is -0.478 e. The van der Waals surface area contributed by atoms with Crippen LogP contribution in [0.5, 0.6) is 0 Å². The van der Waals surface area contributed by atoms with E-state index in [0.29, 0.717) is 34.3 Å². The number of carboxylic acid groups (broad SMARTS) is 1. The van der Waals surface area contributed by atoms with Gasteiger partial charge in [-0.15, -0.1) is 11.3 Å². The van der Waals surface area contributed by atoms with E-state index in [0.717, 1.165) is 22.1 Å². The molecule has 0 spiro atoms. The van der Waals surface area contributed by atoms with Crippen LogP contribution in [0, 0.1) is 5.82 Å². The summed E-state index contributed by atoms with van der Waals surface area (Å²) >= 11 is 2.95. The Balaban J connectivity index is 1.73. The average molecular weight is 538 g/mol. The molecular formula is C27H28FN5O2S2. The molecule has 37 heavy (non-hydrogen) atoms. The molecule has 0 bridgehead atoms. The fourth-order valence-electron chi connectivity index (χ4n) is 3.39. The molecule has 0 fully saturated rings. The number of carboxylic acids is 1. The molecule has 7 nitrogen and oxygen atoms in total. The number of nitrogens with one attached hydrogen (secondary N) is 2. The molecule has 4 rings (SSSR count). The summed E-state index contributed by atoms with van der Waals surface area (Å²) in [5.74, 6) is -0.143. The number of carbonyl (C=O) groups is 1. The van der Waals surface area contributed by atoms with Crippen LogP contribution in [0.1, 0.15) is 49.5 Å². The highest BCUT2D eigenvalue weighted by Gasteiger charge is 2.26. The summed E-state index contributed by atoms with van der Waals surface area (Å²) in [5, 5.41) is 13.1. The number of aromatic nitrogens is 3. The second kappa shape index (κ2) is 11.3. The molecule has 0 unspecified atom stereocenters. The number of nitrogens with zero attached hydrogens (tertiary/aromatic N) is 3. The highest BCUT2D eigenvalue weighted by atomic mass is 32.2. The summed E-state index contributed by atoms with van der Waals surface area (Å²) in [6.45, 7) is 8.29. The Morgan fingerprint density at radius 1 is 1.11 bits per heavy atom. The van der Waals surface area contributed by atoms with Gasteiger partial charge in [0, 0.05) is 28.6 Å². The first-order chi connectivity index (χ1) is 17.7. The molecule has 0 radical (unpaired) electrons. The Bertz CT molecular complexity index is 1400. The van der Waals surface area contributed by atoms with Crippen molar-refractivity contribution in [3.05, 3.63) is 71.1 Å². The van der Waals surface area contributed by atoms with Crippen molar-refractivity contribution >= 4 is 46.6 Å². The van der Waals surface area contributed by atoms with Gasteiger partial charge in [0.1, 0.15) is 0 Å². The van der Waals surface area contributed by atoms with Gasteiger partial charge < -0.3 is 15.1 Å². The molecule has 192 valence electrons. The molecule has 0 atom stereocenters. The lowest BCUT2D eigenvalue weighted by Gasteiger charge is -2.13. The highest BCUT2D eigenvalue weighted by molar-refractivity contribution is 8.00. The van der Waals surface area contributed by atoms with E-state index in [1.165, 1.54) is 35.4 Å². The summed E-state index contributed by atoms with van der Waals surface area (Å²) in [5.41, 5.74) is 2.57. The van der Waals surface area contributed by atoms with E-state index in [9.17, 15) is 4.79 Å². The number of aromatic carboxylic acids is 1. The Kier molecular flexibility index (Phi) is 8.09. The van der Waals surface area contributed by atoms with Crippen molar-refractivity contribution < 1.29 is 14.3 Å². The van der Waals surface area contributed by atoms with Crippen LogP contribution in [0.4, 0.5) is 21.7 Å². The van der Waals surface area contributed by atoms with E-state index in [1.54, 1.807) is 36.5 Å². The van der Waals surface area contributed by atoms with Crippen LogP contribution in [0.15, 0.2) is 54.7 Å². The Morgan fingerprint density at radius 2 is 1.86 bits per heavy atom. The third-order valence-electron chi connectivity index (χ3n) is 5.29. The number of hydrogen-bond donors (Lipinski definition) is 3. The summed E-state index contributed by atoms with van der Waals surface area (Å²) in [6, 6.07) is 13.4. The van der Waals surface area contributed by atoms with Gasteiger partial charge in [-0.25, -0.2) is 24.1 Å². The molecule has 2 aromatic heterocycles. The van der Waals surface area contributed by atoms with E-state index >= 15 is 4.39 Å². The SMILES string of the molecule is CCCSNc1cccc(-c2nc(C(C)(C)C)sc2-c2ccnc(Nc3ccc(C(=O)O)cc3)n2)c1F. The summed E-state index contributed by atoms with van der Waals surface area (Å²) in [4.78, 5) is 25.7. The highest BCUT2D eigenvalue weighted by Crippen LogP contribution is 2.42. The molecule has 4 aromatic rings. The standard InChI is InChI=1S/C27H28FN5O2S2/c1-5-15-36-33-19-8-6-7-18(21(19)28)22-23(37-25(32-22)27(2,3)4)20-13-14-29-26(31-20)30-17-11-9-16(10-12-17)24(34)35/h6-14,33H,5,15H2,1-4H3,(H,34,35)(H,29,30,31). The number of anilines is 3. The molecule has 0 saturated heterocycles. The molecule has 0 saturated carbocycles. The van der Waals surface area contributed by atoms with Gasteiger partial charge in [-0.3, -0.25) is 0 Å². The smallest absolute Gasteiger partial charge is 0.335 e. The molecule has 2 aromatic carbocycles. The van der Waals surface area contributed by atoms with E-state index in [-0.39, 0.29) is 16.8 Å². The number of hydrogen-bond acceptors (Lipinski definition) is 8. The number of thiazole rings is 1. The van der Waals surface area contributed by atoms with Gasteiger partial charge in [-0.1, -0.05) is 45.7 Å². The first kappa shape index (κ1) is 26.6. The van der Waals surface area contributed by atoms with Gasteiger partial charge in [-0.05, 0) is 48.9 Å². The van der Waals surface area contributed by atoms with Crippen LogP contribution < -0.4 is 10.0 Å². The van der Waals surface area contributed by atoms with E-state index < -0.39 is 5.97 Å². The van der Waals surface area contributed by atoms with Gasteiger partial charge in [0.2, 0.25) is 5.95 Å². The van der Waals surface area contributed by atoms with Crippen LogP contribution in [-0.4, -0.2) is 31.8 Å². The molecule has 10 heteroatoms. The van der Waals surface area contributed by atoms with Gasteiger partial charge in [-0.2, -0.15) is 0 Å². The number of benzene rings is 2. The quantitative estimate of drug-likeness (QED) is 0.148. The van der Waals surface area contributed by atoms with Crippen molar-refractivity contribution in [2.24, 2.45) is 0 Å². The first-order valence-electron chi connectivity index (χ1n) is 11.8. The number of rotatable bonds is 9. The lowest BCUT2D eigenvalue weighted by molar-refractivity contribution is 0.0697. The normalized spacial score (nSPS) is 11.4. The average Bonchev–Trinajstić information content (AvgIpc) is 3.32. The van der Waals surface area contributed by atoms with Crippen LogP contribution in [0.3, 0.4) is 0 Å². The largest absolute Gasteiger partial charge is 0.478 e. The van der Waals surface area contributed by atoms with Crippen molar-refractivity contribution in [2.75, 3.05) is 15.8 Å². The Hall–Kier alpha value is -3.50. The molecule has 0 aliphatic carbocycles. The minimum atomic E-state index is -0.993. The van der Waals surface area contributed by atoms with Crippen molar-refractivity contribution in [1.82, 2.24) is 15.0 Å². The van der Waals surface area contributed by atoms with E-state index in [1.807, 2.05) is 6.07 Å². The maximum Gasteiger partial charge on any atom is 0.335 e.